The van der Waals surface area contributed by atoms with Crippen LogP contribution in [0, 0.1) is 5.92 Å². The molecule has 12 heteroatoms. The van der Waals surface area contributed by atoms with Crippen molar-refractivity contribution in [3.05, 3.63) is 83.7 Å². The van der Waals surface area contributed by atoms with Crippen molar-refractivity contribution < 1.29 is 23.8 Å². The van der Waals surface area contributed by atoms with E-state index < -0.39 is 13.8 Å². The predicted molar refractivity (Wildman–Crippen MR) is 189 cm³/mol. The summed E-state index contributed by atoms with van der Waals surface area (Å²) in [5.41, 5.74) is 2.27. The maximum Gasteiger partial charge on any atom is 0.410 e. The molecule has 48 heavy (non-hydrogen) atoms. The standard InChI is InChI=1S/C36H52N6O5Si/c1-29(2)26-45-33-14-12-30(13-15-33)24-41(25-32-16-19-39(3)37-32)34-38-47-36(42(34)28-44-22-23-48(4,5)6)17-20-40(21-18-36)35(43)46-27-31-10-8-7-9-11-31/h7-16,19,29H,17-18,20-28H2,1-6H3. The summed E-state index contributed by atoms with van der Waals surface area (Å²) in [6.45, 7) is 15.4. The number of ether oxygens (including phenoxy) is 3. The lowest BCUT2D eigenvalue weighted by molar-refractivity contribution is -0.155. The second kappa shape index (κ2) is 15.9. The van der Waals surface area contributed by atoms with Crippen LogP contribution < -0.4 is 4.74 Å². The fraction of sp³-hybridized carbons (Fsp3) is 0.528. The molecule has 0 N–H and O–H groups in total. The third-order valence-corrected chi connectivity index (χ3v) is 10.2. The number of amides is 1. The molecule has 3 heterocycles. The van der Waals surface area contributed by atoms with Crippen molar-refractivity contribution in [2.24, 2.45) is 18.1 Å². The van der Waals surface area contributed by atoms with E-state index >= 15 is 0 Å². The van der Waals surface area contributed by atoms with E-state index in [0.717, 1.165) is 28.6 Å². The maximum atomic E-state index is 13.0. The third-order valence-electron chi connectivity index (χ3n) is 8.54. The first-order chi connectivity index (χ1) is 23.0. The maximum absolute atomic E-state index is 13.0. The molecule has 0 aliphatic carbocycles. The van der Waals surface area contributed by atoms with Gasteiger partial charge in [-0.1, -0.05) is 76.0 Å². The minimum atomic E-state index is -1.29. The number of piperidine rings is 1. The molecule has 11 nitrogen and oxygen atoms in total. The number of guanidine groups is 1. The quantitative estimate of drug-likeness (QED) is 0.141. The fourth-order valence-corrected chi connectivity index (χ4v) is 6.43. The summed E-state index contributed by atoms with van der Waals surface area (Å²) in [5.74, 6) is 2.02. The van der Waals surface area contributed by atoms with Crippen LogP contribution in [0.2, 0.25) is 25.7 Å². The lowest BCUT2D eigenvalue weighted by Crippen LogP contribution is -2.58. The zero-order chi connectivity index (χ0) is 34.1. The van der Waals surface area contributed by atoms with Gasteiger partial charge in [0.1, 0.15) is 19.1 Å². The van der Waals surface area contributed by atoms with Crippen LogP contribution in [0.25, 0.3) is 0 Å². The summed E-state index contributed by atoms with van der Waals surface area (Å²) in [5, 5.41) is 9.41. The van der Waals surface area contributed by atoms with Gasteiger partial charge in [0.25, 0.3) is 0 Å². The molecule has 3 aromatic rings. The average molecular weight is 677 g/mol. The highest BCUT2D eigenvalue weighted by atomic mass is 28.3. The molecule has 0 radical (unpaired) electrons. The molecule has 1 saturated heterocycles. The van der Waals surface area contributed by atoms with E-state index in [2.05, 4.69) is 60.5 Å². The van der Waals surface area contributed by atoms with Gasteiger partial charge < -0.3 is 28.8 Å². The number of likely N-dealkylation sites (tertiary alicyclic amines) is 1. The number of benzene rings is 2. The van der Waals surface area contributed by atoms with E-state index in [4.69, 9.17) is 24.2 Å². The number of carbonyl (C=O) groups is 1. The smallest absolute Gasteiger partial charge is 0.410 e. The molecular weight excluding hydrogens is 625 g/mol. The molecule has 260 valence electrons. The lowest BCUT2D eigenvalue weighted by Gasteiger charge is -2.43. The number of nitrogens with zero attached hydrogens (tertiary/aromatic N) is 6. The Bertz CT molecular complexity index is 1480. The summed E-state index contributed by atoms with van der Waals surface area (Å²) in [6, 6.07) is 21.1. The van der Waals surface area contributed by atoms with Gasteiger partial charge >= 0.3 is 6.09 Å². The highest BCUT2D eigenvalue weighted by Gasteiger charge is 2.50. The number of rotatable bonds is 14. The first kappa shape index (κ1) is 35.3. The van der Waals surface area contributed by atoms with Crippen molar-refractivity contribution in [3.63, 3.8) is 0 Å². The highest BCUT2D eigenvalue weighted by molar-refractivity contribution is 6.76. The molecule has 0 atom stereocenters. The van der Waals surface area contributed by atoms with Crippen LogP contribution in [0.5, 0.6) is 5.75 Å². The van der Waals surface area contributed by atoms with Crippen LogP contribution in [-0.2, 0) is 41.1 Å². The Morgan fingerprint density at radius 3 is 2.38 bits per heavy atom. The van der Waals surface area contributed by atoms with Crippen molar-refractivity contribution in [3.8, 4) is 5.75 Å². The van der Waals surface area contributed by atoms with Gasteiger partial charge in [0.2, 0.25) is 11.7 Å². The van der Waals surface area contributed by atoms with E-state index in [1.165, 1.54) is 0 Å². The SMILES string of the molecule is CC(C)COc1ccc(CN(Cc2ccn(C)n2)C2=NOC3(CCN(C(=O)OCc4ccccc4)CC3)N2COCC[Si](C)(C)C)cc1. The Morgan fingerprint density at radius 1 is 1.00 bits per heavy atom. The molecule has 0 unspecified atom stereocenters. The molecule has 2 aromatic carbocycles. The normalized spacial score (nSPS) is 15.9. The van der Waals surface area contributed by atoms with Gasteiger partial charge in [-0.15, -0.1) is 0 Å². The number of hydrogen-bond acceptors (Lipinski definition) is 9. The van der Waals surface area contributed by atoms with Crippen molar-refractivity contribution in [1.82, 2.24) is 24.5 Å². The van der Waals surface area contributed by atoms with Crippen LogP contribution in [0.15, 0.2) is 72.0 Å². The summed E-state index contributed by atoms with van der Waals surface area (Å²) >= 11 is 0. The van der Waals surface area contributed by atoms with Crippen molar-refractivity contribution >= 4 is 20.1 Å². The number of carbonyl (C=O) groups excluding carboxylic acids is 1. The van der Waals surface area contributed by atoms with Crippen molar-refractivity contribution in [1.29, 1.82) is 0 Å². The minimum absolute atomic E-state index is 0.245. The first-order valence-corrected chi connectivity index (χ1v) is 20.7. The van der Waals surface area contributed by atoms with Crippen LogP contribution in [-0.4, -0.2) is 83.4 Å². The van der Waals surface area contributed by atoms with Gasteiger partial charge in [0.05, 0.1) is 18.8 Å². The molecular formula is C36H52N6O5Si. The molecule has 5 rings (SSSR count). The molecule has 0 bridgehead atoms. The van der Waals surface area contributed by atoms with Gasteiger partial charge in [0, 0.05) is 60.4 Å². The molecule has 1 aromatic heterocycles. The van der Waals surface area contributed by atoms with Gasteiger partial charge in [-0.3, -0.25) is 9.58 Å². The van der Waals surface area contributed by atoms with Crippen LogP contribution in [0.4, 0.5) is 4.79 Å². The summed E-state index contributed by atoms with van der Waals surface area (Å²) in [7, 11) is 0.637. The Hall–Kier alpha value is -4.03. The van der Waals surface area contributed by atoms with Gasteiger partial charge in [-0.05, 0) is 46.4 Å². The third kappa shape index (κ3) is 9.76. The van der Waals surface area contributed by atoms with Crippen LogP contribution in [0.3, 0.4) is 0 Å². The summed E-state index contributed by atoms with van der Waals surface area (Å²) < 4.78 is 19.7. The van der Waals surface area contributed by atoms with Crippen LogP contribution >= 0.6 is 0 Å². The largest absolute Gasteiger partial charge is 0.493 e. The average Bonchev–Trinajstić information content (AvgIpc) is 3.63. The topological polar surface area (TPSA) is 93.9 Å². The second-order valence-electron chi connectivity index (χ2n) is 14.4. The second-order valence-corrected chi connectivity index (χ2v) is 20.0. The number of aromatic nitrogens is 2. The van der Waals surface area contributed by atoms with Gasteiger partial charge in [0.15, 0.2) is 0 Å². The van der Waals surface area contributed by atoms with Crippen molar-refractivity contribution in [2.75, 3.05) is 33.0 Å². The molecule has 1 amide bonds. The number of aryl methyl sites for hydroxylation is 1. The zero-order valence-electron chi connectivity index (χ0n) is 29.4. The predicted octanol–water partition coefficient (Wildman–Crippen LogP) is 6.50. The monoisotopic (exact) mass is 676 g/mol. The van der Waals surface area contributed by atoms with E-state index in [1.54, 1.807) is 4.90 Å². The van der Waals surface area contributed by atoms with Gasteiger partial charge in [-0.2, -0.15) is 5.10 Å². The Balaban J connectivity index is 1.32. The molecule has 2 aliphatic heterocycles. The zero-order valence-corrected chi connectivity index (χ0v) is 30.4. The fourth-order valence-electron chi connectivity index (χ4n) is 5.67. The molecule has 0 saturated carbocycles. The van der Waals surface area contributed by atoms with E-state index in [1.807, 2.05) is 66.5 Å². The van der Waals surface area contributed by atoms with E-state index in [-0.39, 0.29) is 12.7 Å². The molecule has 1 spiro atoms. The van der Waals surface area contributed by atoms with Crippen molar-refractivity contribution in [2.45, 2.75) is 77.8 Å². The van der Waals surface area contributed by atoms with E-state index in [0.29, 0.717) is 70.8 Å². The summed E-state index contributed by atoms with van der Waals surface area (Å²) in [4.78, 5) is 25.5. The molecule has 2 aliphatic rings. The van der Waals surface area contributed by atoms with E-state index in [9.17, 15) is 4.79 Å². The summed E-state index contributed by atoms with van der Waals surface area (Å²) in [6.07, 6.45) is 2.77. The first-order valence-electron chi connectivity index (χ1n) is 17.0. The lowest BCUT2D eigenvalue weighted by atomic mass is 9.99. The Labute approximate surface area is 286 Å². The highest BCUT2D eigenvalue weighted by Crippen LogP contribution is 2.37. The number of oxime groups is 1. The Morgan fingerprint density at radius 2 is 1.73 bits per heavy atom. The van der Waals surface area contributed by atoms with Crippen LogP contribution in [0.1, 0.15) is 43.5 Å². The molecule has 1 fully saturated rings. The van der Waals surface area contributed by atoms with Gasteiger partial charge in [-0.25, -0.2) is 4.79 Å². The minimum Gasteiger partial charge on any atom is -0.493 e. The Kier molecular flexibility index (Phi) is 11.7. The number of hydrogen-bond donors (Lipinski definition) is 0.